The molecule has 0 saturated carbocycles. The van der Waals surface area contributed by atoms with Crippen LogP contribution in [0.2, 0.25) is 0 Å². The third kappa shape index (κ3) is 5.33. The summed E-state index contributed by atoms with van der Waals surface area (Å²) in [5.41, 5.74) is 4.22. The van der Waals surface area contributed by atoms with E-state index in [9.17, 15) is 18.8 Å². The van der Waals surface area contributed by atoms with Crippen molar-refractivity contribution >= 4 is 52.2 Å². The minimum Gasteiger partial charge on any atom is -0.494 e. The fourth-order valence-corrected chi connectivity index (χ4v) is 4.94. The Bertz CT molecular complexity index is 1420. The average Bonchev–Trinajstić information content (AvgIpc) is 2.80. The fraction of sp³-hybridized carbons (Fsp3) is 0.179. The van der Waals surface area contributed by atoms with Crippen LogP contribution in [0.4, 0.5) is 14.9 Å². The number of halogens is 2. The van der Waals surface area contributed by atoms with Crippen LogP contribution in [0.25, 0.3) is 6.08 Å². The summed E-state index contributed by atoms with van der Waals surface area (Å²) in [6.07, 6.45) is 1.91. The second-order valence-corrected chi connectivity index (χ2v) is 9.63. The molecule has 1 saturated heterocycles. The lowest BCUT2D eigenvalue weighted by molar-refractivity contribution is -0.122. The highest BCUT2D eigenvalue weighted by atomic mass is 127. The third-order valence-electron chi connectivity index (χ3n) is 5.75. The van der Waals surface area contributed by atoms with Gasteiger partial charge in [0.05, 0.1) is 12.3 Å². The van der Waals surface area contributed by atoms with Crippen LogP contribution < -0.4 is 15.0 Å². The molecule has 36 heavy (non-hydrogen) atoms. The molecule has 0 atom stereocenters. The Kier molecular flexibility index (Phi) is 7.53. The highest BCUT2D eigenvalue weighted by Gasteiger charge is 2.37. The van der Waals surface area contributed by atoms with E-state index in [1.165, 1.54) is 18.2 Å². The van der Waals surface area contributed by atoms with Gasteiger partial charge in [-0.1, -0.05) is 29.8 Å². The second kappa shape index (κ2) is 10.6. The maximum absolute atomic E-state index is 13.7. The molecule has 6 nitrogen and oxygen atoms in total. The Morgan fingerprint density at radius 2 is 1.83 bits per heavy atom. The summed E-state index contributed by atoms with van der Waals surface area (Å²) in [5, 5.41) is 2.26. The summed E-state index contributed by atoms with van der Waals surface area (Å²) in [5.74, 6) is -1.20. The van der Waals surface area contributed by atoms with Crippen LogP contribution in [-0.2, 0) is 16.0 Å². The summed E-state index contributed by atoms with van der Waals surface area (Å²) >= 11 is 2.16. The first-order chi connectivity index (χ1) is 17.2. The van der Waals surface area contributed by atoms with Gasteiger partial charge < -0.3 is 4.74 Å². The van der Waals surface area contributed by atoms with Crippen LogP contribution in [0.3, 0.4) is 0 Å². The average molecular weight is 598 g/mol. The van der Waals surface area contributed by atoms with Crippen molar-refractivity contribution in [2.75, 3.05) is 11.5 Å². The van der Waals surface area contributed by atoms with E-state index in [2.05, 4.69) is 27.9 Å². The van der Waals surface area contributed by atoms with Crippen molar-refractivity contribution in [1.82, 2.24) is 5.32 Å². The summed E-state index contributed by atoms with van der Waals surface area (Å²) in [6, 6.07) is 14.5. The summed E-state index contributed by atoms with van der Waals surface area (Å²) in [7, 11) is 0. The van der Waals surface area contributed by atoms with Gasteiger partial charge in [-0.05, 0) is 96.5 Å². The zero-order valence-electron chi connectivity index (χ0n) is 20.0. The molecule has 3 aromatic rings. The first-order valence-corrected chi connectivity index (χ1v) is 12.4. The van der Waals surface area contributed by atoms with Gasteiger partial charge in [0.15, 0.2) is 0 Å². The Labute approximate surface area is 222 Å². The van der Waals surface area contributed by atoms with Gasteiger partial charge in [0.2, 0.25) is 0 Å². The molecule has 1 fully saturated rings. The zero-order chi connectivity index (χ0) is 26.0. The van der Waals surface area contributed by atoms with E-state index in [1.54, 1.807) is 31.2 Å². The van der Waals surface area contributed by atoms with Crippen molar-refractivity contribution in [1.29, 1.82) is 0 Å². The molecule has 4 amide bonds. The van der Waals surface area contributed by atoms with E-state index in [0.717, 1.165) is 30.7 Å². The molecule has 3 aromatic carbocycles. The molecule has 0 aliphatic carbocycles. The number of rotatable bonds is 6. The molecule has 0 unspecified atom stereocenters. The van der Waals surface area contributed by atoms with Crippen LogP contribution in [0.5, 0.6) is 5.75 Å². The van der Waals surface area contributed by atoms with Crippen molar-refractivity contribution in [3.05, 3.63) is 97.4 Å². The Morgan fingerprint density at radius 3 is 2.53 bits per heavy atom. The smallest absolute Gasteiger partial charge is 0.335 e. The number of urea groups is 1. The number of anilines is 1. The summed E-state index contributed by atoms with van der Waals surface area (Å²) in [6.45, 7) is 5.98. The highest BCUT2D eigenvalue weighted by Crippen LogP contribution is 2.31. The van der Waals surface area contributed by atoms with Gasteiger partial charge in [-0.15, -0.1) is 0 Å². The lowest BCUT2D eigenvalue weighted by atomic mass is 10.00. The van der Waals surface area contributed by atoms with Gasteiger partial charge >= 0.3 is 6.03 Å². The second-order valence-electron chi connectivity index (χ2n) is 8.47. The number of nitrogens with one attached hydrogen (secondary N) is 1. The first-order valence-electron chi connectivity index (χ1n) is 11.4. The number of carbonyl (C=O) groups is 3. The number of benzene rings is 3. The molecule has 1 aliphatic heterocycles. The van der Waals surface area contributed by atoms with Gasteiger partial charge in [0.25, 0.3) is 11.8 Å². The molecule has 0 bridgehead atoms. The van der Waals surface area contributed by atoms with Gasteiger partial charge in [-0.2, -0.15) is 0 Å². The molecule has 4 rings (SSSR count). The van der Waals surface area contributed by atoms with E-state index >= 15 is 0 Å². The molecular weight excluding hydrogens is 574 g/mol. The highest BCUT2D eigenvalue weighted by molar-refractivity contribution is 14.1. The monoisotopic (exact) mass is 598 g/mol. The molecule has 0 spiro atoms. The van der Waals surface area contributed by atoms with Gasteiger partial charge in [0.1, 0.15) is 17.1 Å². The number of amides is 4. The predicted octanol–water partition coefficient (Wildman–Crippen LogP) is 5.70. The molecule has 184 valence electrons. The number of imide groups is 2. The third-order valence-corrected chi connectivity index (χ3v) is 6.72. The minimum atomic E-state index is -0.788. The van der Waals surface area contributed by atoms with E-state index < -0.39 is 17.8 Å². The van der Waals surface area contributed by atoms with Gasteiger partial charge in [-0.25, -0.2) is 14.1 Å². The molecular formula is C28H24FIN2O4. The number of aryl methyl sites for hydroxylation is 2. The number of nitrogens with zero attached hydrogens (tertiary/aromatic N) is 1. The standard InChI is InChI=1S/C28H24FIN2O4/c1-4-36-25-15-19(14-23(30)21(25)12-18-6-5-7-20(29)11-18)13-22-26(33)31-28(35)32(27(22)34)24-9-8-16(2)10-17(24)3/h5-11,13-15H,4,12H2,1-3H3,(H,31,33,35)/b22-13+. The maximum atomic E-state index is 13.7. The summed E-state index contributed by atoms with van der Waals surface area (Å²) in [4.78, 5) is 39.6. The molecule has 1 heterocycles. The van der Waals surface area contributed by atoms with Crippen molar-refractivity contribution in [3.63, 3.8) is 0 Å². The van der Waals surface area contributed by atoms with E-state index in [4.69, 9.17) is 4.74 Å². The Hall–Kier alpha value is -3.53. The molecule has 0 radical (unpaired) electrons. The quantitative estimate of drug-likeness (QED) is 0.225. The van der Waals surface area contributed by atoms with E-state index in [-0.39, 0.29) is 11.4 Å². The molecule has 1 aliphatic rings. The Balaban J connectivity index is 1.73. The lowest BCUT2D eigenvalue weighted by Gasteiger charge is -2.27. The largest absolute Gasteiger partial charge is 0.494 e. The van der Waals surface area contributed by atoms with E-state index in [1.807, 2.05) is 32.0 Å². The topological polar surface area (TPSA) is 75.7 Å². The van der Waals surface area contributed by atoms with Crippen molar-refractivity contribution in [2.45, 2.75) is 27.2 Å². The van der Waals surface area contributed by atoms with E-state index in [0.29, 0.717) is 30.0 Å². The minimum absolute atomic E-state index is 0.161. The predicted molar refractivity (Wildman–Crippen MR) is 144 cm³/mol. The van der Waals surface area contributed by atoms with Gasteiger partial charge in [-0.3, -0.25) is 14.9 Å². The maximum Gasteiger partial charge on any atom is 0.335 e. The normalized spacial score (nSPS) is 14.9. The summed E-state index contributed by atoms with van der Waals surface area (Å²) < 4.78 is 20.4. The van der Waals surface area contributed by atoms with Crippen LogP contribution in [-0.4, -0.2) is 24.5 Å². The number of ether oxygens (including phenoxy) is 1. The first kappa shape index (κ1) is 25.6. The molecule has 8 heteroatoms. The Morgan fingerprint density at radius 1 is 1.06 bits per heavy atom. The van der Waals surface area contributed by atoms with Crippen LogP contribution in [0.15, 0.2) is 60.2 Å². The number of hydrogen-bond acceptors (Lipinski definition) is 4. The van der Waals surface area contributed by atoms with Crippen LogP contribution in [0.1, 0.15) is 34.7 Å². The number of barbiturate groups is 1. The molecule has 1 N–H and O–H groups in total. The zero-order valence-corrected chi connectivity index (χ0v) is 22.2. The fourth-order valence-electron chi connectivity index (χ4n) is 4.12. The van der Waals surface area contributed by atoms with Crippen LogP contribution >= 0.6 is 22.6 Å². The van der Waals surface area contributed by atoms with Crippen molar-refractivity contribution < 1.29 is 23.5 Å². The van der Waals surface area contributed by atoms with Crippen molar-refractivity contribution in [3.8, 4) is 5.75 Å². The number of carbonyl (C=O) groups excluding carboxylic acids is 3. The van der Waals surface area contributed by atoms with Crippen molar-refractivity contribution in [2.24, 2.45) is 0 Å². The molecule has 0 aromatic heterocycles. The lowest BCUT2D eigenvalue weighted by Crippen LogP contribution is -2.54. The van der Waals surface area contributed by atoms with Gasteiger partial charge in [0, 0.05) is 15.6 Å². The SMILES string of the molecule is CCOc1cc(/C=C2\C(=O)NC(=O)N(c3ccc(C)cc3C)C2=O)cc(I)c1Cc1cccc(F)c1. The number of hydrogen-bond donors (Lipinski definition) is 1. The van der Waals surface area contributed by atoms with Crippen LogP contribution in [0, 0.1) is 23.2 Å².